The van der Waals surface area contributed by atoms with Crippen LogP contribution in [0.25, 0.3) is 0 Å². The van der Waals surface area contributed by atoms with Crippen molar-refractivity contribution >= 4 is 17.5 Å². The van der Waals surface area contributed by atoms with Crippen molar-refractivity contribution in [2.45, 2.75) is 12.5 Å². The van der Waals surface area contributed by atoms with E-state index >= 15 is 0 Å². The molecule has 0 radical (unpaired) electrons. The number of carbonyl (C=O) groups excluding carboxylic acids is 1. The first-order valence-corrected chi connectivity index (χ1v) is 6.89. The molecule has 0 heterocycles. The number of aliphatic hydroxyl groups is 1. The monoisotopic (exact) mass is 307 g/mol. The molecule has 5 heteroatoms. The van der Waals surface area contributed by atoms with Crippen LogP contribution in [-0.4, -0.2) is 23.7 Å². The zero-order valence-corrected chi connectivity index (χ0v) is 12.0. The molecule has 0 unspecified atom stereocenters. The molecule has 2 rings (SSSR count). The van der Waals surface area contributed by atoms with Crippen molar-refractivity contribution in [1.82, 2.24) is 5.32 Å². The Kier molecular flexibility index (Phi) is 5.31. The molecule has 0 saturated carbocycles. The highest BCUT2D eigenvalue weighted by atomic mass is 35.5. The van der Waals surface area contributed by atoms with Gasteiger partial charge in [0, 0.05) is 0 Å². The van der Waals surface area contributed by atoms with Crippen LogP contribution < -0.4 is 5.32 Å². The van der Waals surface area contributed by atoms with Crippen molar-refractivity contribution in [2.24, 2.45) is 0 Å². The number of halogens is 2. The van der Waals surface area contributed by atoms with Gasteiger partial charge in [-0.2, -0.15) is 0 Å². The Bertz CT molecular complexity index is 619. The molecular formula is C16H15ClFNO2. The van der Waals surface area contributed by atoms with E-state index < -0.39 is 17.8 Å². The number of nitrogens with one attached hydrogen (secondary N) is 1. The van der Waals surface area contributed by atoms with Crippen molar-refractivity contribution in [1.29, 1.82) is 0 Å². The maximum atomic E-state index is 13.3. The zero-order valence-electron chi connectivity index (χ0n) is 11.2. The SMILES string of the molecule is O=C(N[C@@H](CO)Cc1ccccc1)c1cccc(F)c1Cl. The van der Waals surface area contributed by atoms with Gasteiger partial charge in [0.05, 0.1) is 23.2 Å². The first kappa shape index (κ1) is 15.5. The third-order valence-corrected chi connectivity index (χ3v) is 3.46. The first-order valence-electron chi connectivity index (χ1n) is 6.51. The van der Waals surface area contributed by atoms with Gasteiger partial charge in [-0.15, -0.1) is 0 Å². The van der Waals surface area contributed by atoms with Crippen molar-refractivity contribution in [2.75, 3.05) is 6.61 Å². The van der Waals surface area contributed by atoms with Crippen molar-refractivity contribution in [3.63, 3.8) is 0 Å². The summed E-state index contributed by atoms with van der Waals surface area (Å²) in [6, 6.07) is 13.1. The Labute approximate surface area is 127 Å². The number of hydrogen-bond donors (Lipinski definition) is 2. The Hall–Kier alpha value is -1.91. The number of carbonyl (C=O) groups is 1. The molecule has 21 heavy (non-hydrogen) atoms. The fraction of sp³-hybridized carbons (Fsp3) is 0.188. The molecule has 110 valence electrons. The molecular weight excluding hydrogens is 293 g/mol. The molecule has 0 spiro atoms. The number of hydrogen-bond acceptors (Lipinski definition) is 2. The van der Waals surface area contributed by atoms with Crippen molar-refractivity contribution in [3.05, 3.63) is 70.5 Å². The van der Waals surface area contributed by atoms with Crippen LogP contribution in [0.5, 0.6) is 0 Å². The fourth-order valence-corrected chi connectivity index (χ4v) is 2.21. The molecule has 3 nitrogen and oxygen atoms in total. The highest BCUT2D eigenvalue weighted by molar-refractivity contribution is 6.34. The zero-order chi connectivity index (χ0) is 15.2. The van der Waals surface area contributed by atoms with Crippen molar-refractivity contribution in [3.8, 4) is 0 Å². The van der Waals surface area contributed by atoms with Crippen LogP contribution >= 0.6 is 11.6 Å². The molecule has 0 aliphatic carbocycles. The fourth-order valence-electron chi connectivity index (χ4n) is 2.00. The summed E-state index contributed by atoms with van der Waals surface area (Å²) in [5, 5.41) is 11.8. The van der Waals surface area contributed by atoms with E-state index in [0.717, 1.165) is 5.56 Å². The Morgan fingerprint density at radius 3 is 2.57 bits per heavy atom. The molecule has 2 aromatic carbocycles. The summed E-state index contributed by atoms with van der Waals surface area (Å²) < 4.78 is 13.3. The Balaban J connectivity index is 2.08. The minimum Gasteiger partial charge on any atom is -0.394 e. The predicted octanol–water partition coefficient (Wildman–Crippen LogP) is 2.81. The predicted molar refractivity (Wildman–Crippen MR) is 79.9 cm³/mol. The summed E-state index contributed by atoms with van der Waals surface area (Å²) in [4.78, 5) is 12.1. The summed E-state index contributed by atoms with van der Waals surface area (Å²) in [6.07, 6.45) is 0.482. The van der Waals surface area contributed by atoms with Gasteiger partial charge in [-0.25, -0.2) is 4.39 Å². The first-order chi connectivity index (χ1) is 10.1. The highest BCUT2D eigenvalue weighted by Crippen LogP contribution is 2.19. The van der Waals surface area contributed by atoms with E-state index in [1.807, 2.05) is 30.3 Å². The second-order valence-corrected chi connectivity index (χ2v) is 5.02. The minimum absolute atomic E-state index is 0.0585. The maximum Gasteiger partial charge on any atom is 0.253 e. The number of amides is 1. The molecule has 0 saturated heterocycles. The molecule has 0 fully saturated rings. The van der Waals surface area contributed by atoms with E-state index in [4.69, 9.17) is 11.6 Å². The van der Waals surface area contributed by atoms with E-state index in [2.05, 4.69) is 5.32 Å². The largest absolute Gasteiger partial charge is 0.394 e. The van der Waals surface area contributed by atoms with Gasteiger partial charge in [-0.1, -0.05) is 48.0 Å². The number of aliphatic hydroxyl groups excluding tert-OH is 1. The maximum absolute atomic E-state index is 13.3. The van der Waals surface area contributed by atoms with Crippen LogP contribution in [0.2, 0.25) is 5.02 Å². The number of benzene rings is 2. The van der Waals surface area contributed by atoms with E-state index in [9.17, 15) is 14.3 Å². The summed E-state index contributed by atoms with van der Waals surface area (Å²) in [7, 11) is 0. The molecule has 2 aromatic rings. The third-order valence-electron chi connectivity index (χ3n) is 3.08. The molecule has 0 aliphatic rings. The van der Waals surface area contributed by atoms with Gasteiger partial charge in [0.1, 0.15) is 5.82 Å². The van der Waals surface area contributed by atoms with Gasteiger partial charge in [0.25, 0.3) is 5.91 Å². The summed E-state index contributed by atoms with van der Waals surface area (Å²) in [5.74, 6) is -1.15. The van der Waals surface area contributed by atoms with E-state index in [1.165, 1.54) is 18.2 Å². The lowest BCUT2D eigenvalue weighted by Crippen LogP contribution is -2.39. The smallest absolute Gasteiger partial charge is 0.253 e. The van der Waals surface area contributed by atoms with Crippen LogP contribution in [0, 0.1) is 5.82 Å². The highest BCUT2D eigenvalue weighted by Gasteiger charge is 2.17. The normalized spacial score (nSPS) is 12.0. The van der Waals surface area contributed by atoms with Crippen molar-refractivity contribution < 1.29 is 14.3 Å². The van der Waals surface area contributed by atoms with E-state index in [1.54, 1.807) is 0 Å². The topological polar surface area (TPSA) is 49.3 Å². The van der Waals surface area contributed by atoms with Crippen LogP contribution in [0.1, 0.15) is 15.9 Å². The summed E-state index contributed by atoms with van der Waals surface area (Å²) >= 11 is 5.78. The molecule has 0 aromatic heterocycles. The second-order valence-electron chi connectivity index (χ2n) is 4.64. The Morgan fingerprint density at radius 2 is 1.90 bits per heavy atom. The van der Waals surface area contributed by atoms with E-state index in [0.29, 0.717) is 6.42 Å². The average molecular weight is 308 g/mol. The lowest BCUT2D eigenvalue weighted by Gasteiger charge is -2.17. The van der Waals surface area contributed by atoms with Crippen LogP contribution in [0.3, 0.4) is 0 Å². The van der Waals surface area contributed by atoms with Gasteiger partial charge in [0.15, 0.2) is 0 Å². The lowest BCUT2D eigenvalue weighted by atomic mass is 10.1. The standard InChI is InChI=1S/C16H15ClFNO2/c17-15-13(7-4-8-14(15)18)16(21)19-12(10-20)9-11-5-2-1-3-6-11/h1-8,12,20H,9-10H2,(H,19,21)/t12-/m1/s1. The van der Waals surface area contributed by atoms with Gasteiger partial charge in [-0.3, -0.25) is 4.79 Å². The second kappa shape index (κ2) is 7.20. The van der Waals surface area contributed by atoms with Crippen LogP contribution in [0.4, 0.5) is 4.39 Å². The molecule has 2 N–H and O–H groups in total. The average Bonchev–Trinajstić information content (AvgIpc) is 2.50. The molecule has 1 atom stereocenters. The third kappa shape index (κ3) is 4.03. The molecule has 0 aliphatic heterocycles. The van der Waals surface area contributed by atoms with Crippen LogP contribution in [-0.2, 0) is 6.42 Å². The summed E-state index contributed by atoms with van der Waals surface area (Å²) in [5.41, 5.74) is 1.05. The molecule has 0 bridgehead atoms. The number of rotatable bonds is 5. The Morgan fingerprint density at radius 1 is 1.19 bits per heavy atom. The quantitative estimate of drug-likeness (QED) is 0.892. The molecule has 1 amide bonds. The van der Waals surface area contributed by atoms with Gasteiger partial charge >= 0.3 is 0 Å². The van der Waals surface area contributed by atoms with Gasteiger partial charge in [-0.05, 0) is 24.1 Å². The summed E-state index contributed by atoms with van der Waals surface area (Å²) in [6.45, 7) is -0.215. The minimum atomic E-state index is -0.645. The lowest BCUT2D eigenvalue weighted by molar-refractivity contribution is 0.0916. The van der Waals surface area contributed by atoms with Gasteiger partial charge < -0.3 is 10.4 Å². The van der Waals surface area contributed by atoms with Crippen LogP contribution in [0.15, 0.2) is 48.5 Å². The van der Waals surface area contributed by atoms with Gasteiger partial charge in [0.2, 0.25) is 0 Å². The van der Waals surface area contributed by atoms with E-state index in [-0.39, 0.29) is 17.2 Å².